The molecule has 0 spiro atoms. The Bertz CT molecular complexity index is 1410. The fourth-order valence-electron chi connectivity index (χ4n) is 4.02. The molecule has 35 heavy (non-hydrogen) atoms. The van der Waals surface area contributed by atoms with Crippen molar-refractivity contribution in [1.82, 2.24) is 24.7 Å². The molecule has 1 N–H and O–H groups in total. The predicted octanol–water partition coefficient (Wildman–Crippen LogP) is 3.91. The number of ether oxygens (including phenoxy) is 2. The van der Waals surface area contributed by atoms with Gasteiger partial charge >= 0.3 is 0 Å². The summed E-state index contributed by atoms with van der Waals surface area (Å²) in [5.41, 5.74) is 0.220. The predicted molar refractivity (Wildman–Crippen MR) is 127 cm³/mol. The summed E-state index contributed by atoms with van der Waals surface area (Å²) in [4.78, 5) is 21.7. The van der Waals surface area contributed by atoms with Crippen LogP contribution < -0.4 is 15.0 Å². The highest BCUT2D eigenvalue weighted by molar-refractivity contribution is 6.30. The number of para-hydroxylation sites is 1. The highest BCUT2D eigenvalue weighted by Gasteiger charge is 2.32. The Kier molecular flexibility index (Phi) is 6.12. The van der Waals surface area contributed by atoms with Gasteiger partial charge in [-0.25, -0.2) is 0 Å². The van der Waals surface area contributed by atoms with Gasteiger partial charge in [-0.1, -0.05) is 24.1 Å². The van der Waals surface area contributed by atoms with E-state index in [0.717, 1.165) is 19.3 Å². The zero-order valence-electron chi connectivity index (χ0n) is 19.1. The Balaban J connectivity index is 1.65. The van der Waals surface area contributed by atoms with Crippen molar-refractivity contribution in [1.29, 1.82) is 0 Å². The number of benzene rings is 1. The molecule has 0 saturated heterocycles. The van der Waals surface area contributed by atoms with Crippen LogP contribution in [0.2, 0.25) is 5.02 Å². The van der Waals surface area contributed by atoms with Crippen molar-refractivity contribution >= 4 is 11.6 Å². The van der Waals surface area contributed by atoms with Crippen molar-refractivity contribution < 1.29 is 19.0 Å². The van der Waals surface area contributed by atoms with Gasteiger partial charge in [-0.15, -0.1) is 10.2 Å². The molecule has 1 aromatic carbocycles. The van der Waals surface area contributed by atoms with Crippen LogP contribution in [0.3, 0.4) is 0 Å². The molecule has 5 rings (SSSR count). The third kappa shape index (κ3) is 4.21. The van der Waals surface area contributed by atoms with Crippen LogP contribution in [0.4, 0.5) is 0 Å². The number of hydrogen-bond acceptors (Lipinski definition) is 9. The Morgan fingerprint density at radius 3 is 2.49 bits per heavy atom. The van der Waals surface area contributed by atoms with Crippen molar-refractivity contribution in [2.75, 3.05) is 14.2 Å². The molecule has 10 nitrogen and oxygen atoms in total. The van der Waals surface area contributed by atoms with E-state index >= 15 is 0 Å². The number of hydrogen-bond donors (Lipinski definition) is 1. The lowest BCUT2D eigenvalue weighted by Crippen LogP contribution is -2.25. The van der Waals surface area contributed by atoms with Crippen LogP contribution in [0.25, 0.3) is 17.1 Å². The van der Waals surface area contributed by atoms with Gasteiger partial charge in [-0.2, -0.15) is 4.98 Å². The standard InChI is InChI=1S/C24H22ClN5O5/c1-33-16-7-4-8-17(34-2)20(16)30-21(13-5-3-6-13)27-22(31)19(24(30)32)23-29-28-18(35-23)11-15-10-9-14(25)12-26-15/h4,7-10,12-13,32H,3,5-6,11H2,1-2H3. The molecular formula is C24H22ClN5O5. The number of nitrogens with zero attached hydrogens (tertiary/aromatic N) is 5. The molecule has 0 unspecified atom stereocenters. The lowest BCUT2D eigenvalue weighted by molar-refractivity contribution is 0.357. The third-order valence-corrected chi connectivity index (χ3v) is 6.22. The topological polar surface area (TPSA) is 125 Å². The summed E-state index contributed by atoms with van der Waals surface area (Å²) < 4.78 is 18.3. The monoisotopic (exact) mass is 495 g/mol. The van der Waals surface area contributed by atoms with Crippen LogP contribution in [0.5, 0.6) is 17.4 Å². The Morgan fingerprint density at radius 1 is 1.14 bits per heavy atom. The van der Waals surface area contributed by atoms with E-state index in [0.29, 0.717) is 33.7 Å². The van der Waals surface area contributed by atoms with Gasteiger partial charge in [0.15, 0.2) is 5.56 Å². The SMILES string of the molecule is COc1cccc(OC)c1-n1c(C2CCC2)nc(=O)c(-c2nnc(Cc3ccc(Cl)cn3)o2)c1O. The summed E-state index contributed by atoms with van der Waals surface area (Å²) in [6.07, 6.45) is 4.45. The Morgan fingerprint density at radius 2 is 1.89 bits per heavy atom. The molecule has 1 fully saturated rings. The van der Waals surface area contributed by atoms with Gasteiger partial charge in [0, 0.05) is 17.8 Å². The van der Waals surface area contributed by atoms with E-state index in [2.05, 4.69) is 20.2 Å². The van der Waals surface area contributed by atoms with Gasteiger partial charge in [0.05, 0.1) is 25.7 Å². The molecule has 3 heterocycles. The summed E-state index contributed by atoms with van der Waals surface area (Å²) in [7, 11) is 3.04. The van der Waals surface area contributed by atoms with Crippen molar-refractivity contribution in [3.8, 4) is 34.5 Å². The molecule has 4 aromatic rings. The van der Waals surface area contributed by atoms with Gasteiger partial charge in [-0.3, -0.25) is 14.3 Å². The van der Waals surface area contributed by atoms with E-state index in [1.165, 1.54) is 25.0 Å². The van der Waals surface area contributed by atoms with Crippen molar-refractivity contribution in [3.05, 3.63) is 69.3 Å². The van der Waals surface area contributed by atoms with Crippen LogP contribution >= 0.6 is 11.6 Å². The average Bonchev–Trinajstić information content (AvgIpc) is 3.27. The molecule has 11 heteroatoms. The summed E-state index contributed by atoms with van der Waals surface area (Å²) in [5.74, 6) is 1.01. The zero-order chi connectivity index (χ0) is 24.5. The second-order valence-corrected chi connectivity index (χ2v) is 8.53. The fourth-order valence-corrected chi connectivity index (χ4v) is 4.13. The zero-order valence-corrected chi connectivity index (χ0v) is 19.8. The van der Waals surface area contributed by atoms with E-state index in [-0.39, 0.29) is 35.6 Å². The fraction of sp³-hybridized carbons (Fsp3) is 0.292. The number of pyridine rings is 1. The van der Waals surface area contributed by atoms with Crippen LogP contribution in [-0.2, 0) is 6.42 Å². The minimum absolute atomic E-state index is 0.00601. The highest BCUT2D eigenvalue weighted by Crippen LogP contribution is 2.43. The van der Waals surface area contributed by atoms with E-state index in [1.807, 2.05) is 0 Å². The maximum atomic E-state index is 13.1. The van der Waals surface area contributed by atoms with E-state index in [4.69, 9.17) is 25.5 Å². The van der Waals surface area contributed by atoms with Crippen LogP contribution in [-0.4, -0.2) is 44.1 Å². The molecule has 1 aliphatic carbocycles. The maximum Gasteiger partial charge on any atom is 0.289 e. The molecule has 180 valence electrons. The molecule has 0 radical (unpaired) electrons. The summed E-state index contributed by atoms with van der Waals surface area (Å²) in [6, 6.07) is 8.69. The third-order valence-electron chi connectivity index (χ3n) is 5.99. The lowest BCUT2D eigenvalue weighted by atomic mass is 9.84. The first-order valence-electron chi connectivity index (χ1n) is 11.0. The molecular weight excluding hydrogens is 474 g/mol. The average molecular weight is 496 g/mol. The van der Waals surface area contributed by atoms with Gasteiger partial charge in [0.25, 0.3) is 11.4 Å². The Hall–Kier alpha value is -3.92. The maximum absolute atomic E-state index is 13.1. The largest absolute Gasteiger partial charge is 0.494 e. The van der Waals surface area contributed by atoms with E-state index in [1.54, 1.807) is 30.3 Å². The molecule has 0 aliphatic heterocycles. The van der Waals surface area contributed by atoms with Gasteiger partial charge < -0.3 is 19.0 Å². The number of aromatic hydroxyl groups is 1. The summed E-state index contributed by atoms with van der Waals surface area (Å²) in [6.45, 7) is 0. The highest BCUT2D eigenvalue weighted by atomic mass is 35.5. The van der Waals surface area contributed by atoms with Crippen LogP contribution in [0.15, 0.2) is 45.7 Å². The summed E-state index contributed by atoms with van der Waals surface area (Å²) >= 11 is 5.89. The molecule has 0 atom stereocenters. The quantitative estimate of drug-likeness (QED) is 0.406. The Labute approximate surface area is 205 Å². The first-order chi connectivity index (χ1) is 17.0. The summed E-state index contributed by atoms with van der Waals surface area (Å²) in [5, 5.41) is 20.0. The molecule has 0 bridgehead atoms. The molecule has 0 amide bonds. The minimum Gasteiger partial charge on any atom is -0.494 e. The van der Waals surface area contributed by atoms with Crippen LogP contribution in [0, 0.1) is 0 Å². The lowest BCUT2D eigenvalue weighted by Gasteiger charge is -2.29. The van der Waals surface area contributed by atoms with Gasteiger partial charge in [0.2, 0.25) is 11.8 Å². The van der Waals surface area contributed by atoms with Gasteiger partial charge in [0.1, 0.15) is 23.0 Å². The number of rotatable bonds is 7. The normalized spacial score (nSPS) is 13.5. The molecule has 1 saturated carbocycles. The van der Waals surface area contributed by atoms with Gasteiger partial charge in [-0.05, 0) is 37.1 Å². The number of halogens is 1. The van der Waals surface area contributed by atoms with Crippen molar-refractivity contribution in [2.45, 2.75) is 31.6 Å². The smallest absolute Gasteiger partial charge is 0.289 e. The van der Waals surface area contributed by atoms with Crippen LogP contribution in [0.1, 0.15) is 42.6 Å². The first kappa shape index (κ1) is 22.9. The number of methoxy groups -OCH3 is 2. The first-order valence-corrected chi connectivity index (χ1v) is 11.4. The second-order valence-electron chi connectivity index (χ2n) is 8.09. The molecule has 1 aliphatic rings. The molecule has 3 aromatic heterocycles. The van der Waals surface area contributed by atoms with Crippen molar-refractivity contribution in [2.24, 2.45) is 0 Å². The minimum atomic E-state index is -0.658. The van der Waals surface area contributed by atoms with E-state index in [9.17, 15) is 9.90 Å². The van der Waals surface area contributed by atoms with E-state index < -0.39 is 5.56 Å². The van der Waals surface area contributed by atoms with Crippen molar-refractivity contribution in [3.63, 3.8) is 0 Å². The second kappa shape index (κ2) is 9.38. The number of aromatic nitrogens is 5.